The second-order valence-corrected chi connectivity index (χ2v) is 7.92. The maximum Gasteiger partial charge on any atom is 0.328 e. The third-order valence-corrected chi connectivity index (χ3v) is 5.50. The van der Waals surface area contributed by atoms with Crippen molar-refractivity contribution in [3.63, 3.8) is 0 Å². The van der Waals surface area contributed by atoms with Gasteiger partial charge >= 0.3 is 12.0 Å². The van der Waals surface area contributed by atoms with Gasteiger partial charge in [0, 0.05) is 16.6 Å². The van der Waals surface area contributed by atoms with Gasteiger partial charge in [0.2, 0.25) is 0 Å². The number of thioether (sulfide) groups is 1. The molecule has 0 spiro atoms. The first-order valence-corrected chi connectivity index (χ1v) is 11.1. The van der Waals surface area contributed by atoms with E-state index in [2.05, 4.69) is 20.8 Å². The monoisotopic (exact) mass is 440 g/mol. The van der Waals surface area contributed by atoms with Crippen molar-refractivity contribution < 1.29 is 14.3 Å². The summed E-state index contributed by atoms with van der Waals surface area (Å²) >= 11 is 1.58. The van der Waals surface area contributed by atoms with Crippen LogP contribution in [0.3, 0.4) is 0 Å². The molecule has 0 radical (unpaired) electrons. The van der Waals surface area contributed by atoms with Crippen molar-refractivity contribution in [3.05, 3.63) is 58.4 Å². The molecule has 2 amide bonds. The number of methoxy groups -OCH3 is 1. The molecule has 1 atom stereocenters. The zero-order chi connectivity index (χ0) is 22.4. The number of benzene rings is 2. The Morgan fingerprint density at radius 2 is 1.94 bits per heavy atom. The van der Waals surface area contributed by atoms with Gasteiger partial charge < -0.3 is 15.4 Å². The highest BCUT2D eigenvalue weighted by Gasteiger charge is 2.21. The molecule has 162 valence electrons. The maximum atomic E-state index is 12.6. The van der Waals surface area contributed by atoms with Gasteiger partial charge in [-0.1, -0.05) is 30.3 Å². The number of ether oxygens (including phenoxy) is 1. The summed E-state index contributed by atoms with van der Waals surface area (Å²) < 4.78 is 4.78. The molecule has 31 heavy (non-hydrogen) atoms. The van der Waals surface area contributed by atoms with Crippen molar-refractivity contribution >= 4 is 40.2 Å². The van der Waals surface area contributed by atoms with Crippen LogP contribution in [0.2, 0.25) is 0 Å². The molecule has 9 heteroatoms. The Bertz CT molecular complexity index is 1160. The lowest BCUT2D eigenvalue weighted by Gasteiger charge is -2.17. The molecule has 0 aliphatic carbocycles. The van der Waals surface area contributed by atoms with Crippen molar-refractivity contribution in [3.8, 4) is 11.3 Å². The minimum Gasteiger partial charge on any atom is -0.467 e. The lowest BCUT2D eigenvalue weighted by molar-refractivity contribution is -0.142. The molecular formula is C22H24N4O4S. The average Bonchev–Trinajstić information content (AvgIpc) is 2.78. The molecule has 0 bridgehead atoms. The van der Waals surface area contributed by atoms with E-state index >= 15 is 0 Å². The van der Waals surface area contributed by atoms with E-state index in [-0.39, 0.29) is 5.56 Å². The quantitative estimate of drug-likeness (QED) is 0.486. The Morgan fingerprint density at radius 3 is 2.65 bits per heavy atom. The summed E-state index contributed by atoms with van der Waals surface area (Å²) in [6.07, 6.45) is 2.39. The SMILES string of the molecule is COC(=O)C(CCSC)NC(=O)Nc1cc(-c2n[nH]c(=O)c3ccccc23)ccc1C. The fourth-order valence-electron chi connectivity index (χ4n) is 3.18. The highest BCUT2D eigenvalue weighted by Crippen LogP contribution is 2.28. The smallest absolute Gasteiger partial charge is 0.328 e. The summed E-state index contributed by atoms with van der Waals surface area (Å²) in [5.41, 5.74) is 2.49. The van der Waals surface area contributed by atoms with Crippen molar-refractivity contribution in [2.24, 2.45) is 0 Å². The second-order valence-electron chi connectivity index (χ2n) is 6.93. The number of rotatable bonds is 7. The summed E-state index contributed by atoms with van der Waals surface area (Å²) in [7, 11) is 1.29. The molecule has 3 N–H and O–H groups in total. The summed E-state index contributed by atoms with van der Waals surface area (Å²) in [4.78, 5) is 36.6. The van der Waals surface area contributed by atoms with E-state index < -0.39 is 18.0 Å². The van der Waals surface area contributed by atoms with Crippen LogP contribution in [0.15, 0.2) is 47.3 Å². The van der Waals surface area contributed by atoms with E-state index in [4.69, 9.17) is 4.74 Å². The molecule has 1 heterocycles. The topological polar surface area (TPSA) is 113 Å². The van der Waals surface area contributed by atoms with Crippen LogP contribution in [0, 0.1) is 6.92 Å². The number of carbonyl (C=O) groups is 2. The molecule has 3 rings (SSSR count). The van der Waals surface area contributed by atoms with E-state index in [1.165, 1.54) is 7.11 Å². The number of H-pyrrole nitrogens is 1. The third kappa shape index (κ3) is 5.24. The molecule has 0 fully saturated rings. The average molecular weight is 441 g/mol. The predicted octanol–water partition coefficient (Wildman–Crippen LogP) is 3.31. The molecular weight excluding hydrogens is 416 g/mol. The first kappa shape index (κ1) is 22.4. The number of aromatic amines is 1. The van der Waals surface area contributed by atoms with Crippen LogP contribution in [0.1, 0.15) is 12.0 Å². The minimum atomic E-state index is -0.731. The van der Waals surface area contributed by atoms with Crippen LogP contribution < -0.4 is 16.2 Å². The van der Waals surface area contributed by atoms with Gasteiger partial charge in [-0.2, -0.15) is 16.9 Å². The van der Waals surface area contributed by atoms with Crippen LogP contribution >= 0.6 is 11.8 Å². The Hall–Kier alpha value is -3.33. The van der Waals surface area contributed by atoms with Crippen LogP contribution in [0.5, 0.6) is 0 Å². The molecule has 0 saturated carbocycles. The zero-order valence-corrected chi connectivity index (χ0v) is 18.3. The number of aromatic nitrogens is 2. The number of carbonyl (C=O) groups excluding carboxylic acids is 2. The molecule has 0 aliphatic heterocycles. The van der Waals surface area contributed by atoms with Gasteiger partial charge in [-0.3, -0.25) is 4.79 Å². The van der Waals surface area contributed by atoms with Crippen LogP contribution in [0.4, 0.5) is 10.5 Å². The Morgan fingerprint density at radius 1 is 1.19 bits per heavy atom. The number of anilines is 1. The molecule has 2 aromatic carbocycles. The number of urea groups is 1. The van der Waals surface area contributed by atoms with Gasteiger partial charge in [-0.05, 0) is 43.0 Å². The summed E-state index contributed by atoms with van der Waals surface area (Å²) in [5, 5.41) is 13.5. The molecule has 1 unspecified atom stereocenters. The number of esters is 1. The lowest BCUT2D eigenvalue weighted by Crippen LogP contribution is -2.44. The van der Waals surface area contributed by atoms with E-state index in [1.54, 1.807) is 30.0 Å². The van der Waals surface area contributed by atoms with Crippen molar-refractivity contribution in [2.75, 3.05) is 24.4 Å². The van der Waals surface area contributed by atoms with Gasteiger partial charge in [-0.25, -0.2) is 14.7 Å². The van der Waals surface area contributed by atoms with E-state index in [0.29, 0.717) is 34.3 Å². The standard InChI is InChI=1S/C22H24N4O4S/c1-13-8-9-14(19-15-6-4-5-7-16(15)20(27)26-25-19)12-18(13)24-22(29)23-17(10-11-31-3)21(28)30-2/h4-9,12,17H,10-11H2,1-3H3,(H,26,27)(H2,23,24,29). The first-order valence-electron chi connectivity index (χ1n) is 9.67. The van der Waals surface area contributed by atoms with Gasteiger partial charge in [0.1, 0.15) is 6.04 Å². The van der Waals surface area contributed by atoms with Crippen molar-refractivity contribution in [2.45, 2.75) is 19.4 Å². The van der Waals surface area contributed by atoms with Crippen molar-refractivity contribution in [1.29, 1.82) is 0 Å². The number of hydrogen-bond acceptors (Lipinski definition) is 6. The molecule has 3 aromatic rings. The fourth-order valence-corrected chi connectivity index (χ4v) is 3.65. The van der Waals surface area contributed by atoms with Crippen LogP contribution in [-0.4, -0.2) is 47.4 Å². The predicted molar refractivity (Wildman–Crippen MR) is 123 cm³/mol. The van der Waals surface area contributed by atoms with Crippen LogP contribution in [0.25, 0.3) is 22.0 Å². The maximum absolute atomic E-state index is 12.6. The second kappa shape index (κ2) is 10.1. The van der Waals surface area contributed by atoms with Gasteiger partial charge in [0.15, 0.2) is 0 Å². The molecule has 8 nitrogen and oxygen atoms in total. The van der Waals surface area contributed by atoms with Gasteiger partial charge in [0.25, 0.3) is 5.56 Å². The van der Waals surface area contributed by atoms with Gasteiger partial charge in [-0.15, -0.1) is 0 Å². The number of amides is 2. The number of fused-ring (bicyclic) bond motifs is 1. The van der Waals surface area contributed by atoms with Crippen LogP contribution in [-0.2, 0) is 9.53 Å². The zero-order valence-electron chi connectivity index (χ0n) is 17.5. The van der Waals surface area contributed by atoms with E-state index in [0.717, 1.165) is 11.1 Å². The molecule has 1 aromatic heterocycles. The Labute approximate surface area is 183 Å². The summed E-state index contributed by atoms with van der Waals surface area (Å²) in [6, 6.07) is 11.5. The highest BCUT2D eigenvalue weighted by molar-refractivity contribution is 7.98. The molecule has 0 aliphatic rings. The Kier molecular flexibility index (Phi) is 7.30. The number of nitrogens with one attached hydrogen (secondary N) is 3. The normalized spacial score (nSPS) is 11.7. The first-order chi connectivity index (χ1) is 14.9. The summed E-state index contributed by atoms with van der Waals surface area (Å²) in [6.45, 7) is 1.86. The highest BCUT2D eigenvalue weighted by atomic mass is 32.2. The number of aryl methyl sites for hydroxylation is 1. The largest absolute Gasteiger partial charge is 0.467 e. The number of hydrogen-bond donors (Lipinski definition) is 3. The summed E-state index contributed by atoms with van der Waals surface area (Å²) in [5.74, 6) is 0.220. The van der Waals surface area contributed by atoms with Crippen molar-refractivity contribution in [1.82, 2.24) is 15.5 Å². The lowest BCUT2D eigenvalue weighted by atomic mass is 10.0. The van der Waals surface area contributed by atoms with E-state index in [1.807, 2.05) is 37.4 Å². The third-order valence-electron chi connectivity index (χ3n) is 4.86. The fraction of sp³-hybridized carbons (Fsp3) is 0.273. The minimum absolute atomic E-state index is 0.261. The number of nitrogens with zero attached hydrogens (tertiary/aromatic N) is 1. The van der Waals surface area contributed by atoms with E-state index in [9.17, 15) is 14.4 Å². The molecule has 0 saturated heterocycles. The Balaban J connectivity index is 1.87. The van der Waals surface area contributed by atoms with Gasteiger partial charge in [0.05, 0.1) is 18.2 Å².